The number of piperidine rings is 1. The van der Waals surface area contributed by atoms with Crippen LogP contribution >= 0.6 is 0 Å². The Balaban J connectivity index is 1.97. The molecule has 0 radical (unpaired) electrons. The second-order valence-electron chi connectivity index (χ2n) is 6.93. The third-order valence-corrected chi connectivity index (χ3v) is 4.54. The SMILES string of the molecule is CC(C)CCOc1cccc(CC(C(=O)O)C2CCCNC2)c1. The molecule has 1 saturated heterocycles. The van der Waals surface area contributed by atoms with Crippen LogP contribution in [0, 0.1) is 17.8 Å². The number of hydrogen-bond donors (Lipinski definition) is 2. The molecule has 1 heterocycles. The minimum Gasteiger partial charge on any atom is -0.494 e. The van der Waals surface area contributed by atoms with Gasteiger partial charge in [-0.15, -0.1) is 0 Å². The molecule has 0 spiro atoms. The predicted molar refractivity (Wildman–Crippen MR) is 91.8 cm³/mol. The average Bonchev–Trinajstić information content (AvgIpc) is 2.53. The van der Waals surface area contributed by atoms with Crippen molar-refractivity contribution in [3.63, 3.8) is 0 Å². The fourth-order valence-corrected chi connectivity index (χ4v) is 3.11. The van der Waals surface area contributed by atoms with Crippen LogP contribution in [0.5, 0.6) is 5.75 Å². The number of carbonyl (C=O) groups is 1. The molecule has 0 bridgehead atoms. The van der Waals surface area contributed by atoms with Crippen LogP contribution in [-0.2, 0) is 11.2 Å². The van der Waals surface area contributed by atoms with Gasteiger partial charge in [0.2, 0.25) is 0 Å². The lowest BCUT2D eigenvalue weighted by atomic mass is 9.82. The summed E-state index contributed by atoms with van der Waals surface area (Å²) < 4.78 is 5.79. The first-order valence-electron chi connectivity index (χ1n) is 8.71. The van der Waals surface area contributed by atoms with E-state index < -0.39 is 5.97 Å². The van der Waals surface area contributed by atoms with E-state index in [1.807, 2.05) is 24.3 Å². The van der Waals surface area contributed by atoms with Crippen LogP contribution in [-0.4, -0.2) is 30.8 Å². The van der Waals surface area contributed by atoms with Gasteiger partial charge in [0.25, 0.3) is 0 Å². The topological polar surface area (TPSA) is 58.6 Å². The minimum atomic E-state index is -0.690. The van der Waals surface area contributed by atoms with Gasteiger partial charge < -0.3 is 15.2 Å². The second kappa shape index (κ2) is 8.92. The van der Waals surface area contributed by atoms with Gasteiger partial charge in [-0.2, -0.15) is 0 Å². The minimum absolute atomic E-state index is 0.215. The monoisotopic (exact) mass is 319 g/mol. The molecule has 2 N–H and O–H groups in total. The van der Waals surface area contributed by atoms with E-state index >= 15 is 0 Å². The maximum atomic E-state index is 11.7. The molecular weight excluding hydrogens is 290 g/mol. The van der Waals surface area contributed by atoms with Crippen molar-refractivity contribution in [2.45, 2.75) is 39.5 Å². The van der Waals surface area contributed by atoms with Gasteiger partial charge in [-0.1, -0.05) is 26.0 Å². The Bertz CT molecular complexity index is 495. The van der Waals surface area contributed by atoms with E-state index in [2.05, 4.69) is 19.2 Å². The molecule has 2 rings (SSSR count). The molecule has 1 aliphatic heterocycles. The van der Waals surface area contributed by atoms with E-state index in [1.165, 1.54) is 0 Å². The lowest BCUT2D eigenvalue weighted by Gasteiger charge is -2.28. The summed E-state index contributed by atoms with van der Waals surface area (Å²) in [6.07, 6.45) is 3.65. The van der Waals surface area contributed by atoms with E-state index in [1.54, 1.807) is 0 Å². The summed E-state index contributed by atoms with van der Waals surface area (Å²) in [7, 11) is 0. The number of benzene rings is 1. The maximum absolute atomic E-state index is 11.7. The summed E-state index contributed by atoms with van der Waals surface area (Å²) in [4.78, 5) is 11.7. The van der Waals surface area contributed by atoms with Crippen LogP contribution in [0.4, 0.5) is 0 Å². The molecule has 1 aliphatic rings. The molecule has 128 valence electrons. The highest BCUT2D eigenvalue weighted by Gasteiger charge is 2.29. The lowest BCUT2D eigenvalue weighted by molar-refractivity contribution is -0.143. The summed E-state index contributed by atoms with van der Waals surface area (Å²) in [5.74, 6) is 0.660. The van der Waals surface area contributed by atoms with Gasteiger partial charge in [-0.3, -0.25) is 4.79 Å². The molecule has 0 amide bonds. The molecule has 4 heteroatoms. The predicted octanol–water partition coefficient (Wildman–Crippen LogP) is 3.35. The first kappa shape index (κ1) is 17.8. The second-order valence-corrected chi connectivity index (χ2v) is 6.93. The molecule has 1 aromatic carbocycles. The fraction of sp³-hybridized carbons (Fsp3) is 0.632. The normalized spacial score (nSPS) is 19.5. The Labute approximate surface area is 139 Å². The first-order chi connectivity index (χ1) is 11.1. The van der Waals surface area contributed by atoms with Gasteiger partial charge >= 0.3 is 5.97 Å². The van der Waals surface area contributed by atoms with E-state index in [9.17, 15) is 9.90 Å². The van der Waals surface area contributed by atoms with Crippen LogP contribution in [0.2, 0.25) is 0 Å². The smallest absolute Gasteiger partial charge is 0.307 e. The zero-order valence-electron chi connectivity index (χ0n) is 14.3. The standard InChI is InChI=1S/C19H29NO3/c1-14(2)8-10-23-17-7-3-5-15(11-17)12-18(19(21)22)16-6-4-9-20-13-16/h3,5,7,11,14,16,18,20H,4,6,8-10,12-13H2,1-2H3,(H,21,22). The van der Waals surface area contributed by atoms with Gasteiger partial charge in [0.05, 0.1) is 12.5 Å². The third kappa shape index (κ3) is 5.87. The van der Waals surface area contributed by atoms with Gasteiger partial charge in [-0.05, 0) is 68.3 Å². The number of carboxylic acids is 1. The van der Waals surface area contributed by atoms with Crippen molar-refractivity contribution in [3.05, 3.63) is 29.8 Å². The zero-order chi connectivity index (χ0) is 16.7. The number of carboxylic acid groups (broad SMARTS) is 1. The first-order valence-corrected chi connectivity index (χ1v) is 8.71. The van der Waals surface area contributed by atoms with Crippen LogP contribution in [0.15, 0.2) is 24.3 Å². The van der Waals surface area contributed by atoms with E-state index in [0.29, 0.717) is 18.9 Å². The highest BCUT2D eigenvalue weighted by molar-refractivity contribution is 5.71. The third-order valence-electron chi connectivity index (χ3n) is 4.54. The Morgan fingerprint density at radius 2 is 2.26 bits per heavy atom. The zero-order valence-corrected chi connectivity index (χ0v) is 14.3. The van der Waals surface area contributed by atoms with Crippen LogP contribution in [0.3, 0.4) is 0 Å². The molecule has 0 aliphatic carbocycles. The lowest BCUT2D eigenvalue weighted by Crippen LogP contribution is -2.38. The van der Waals surface area contributed by atoms with Crippen molar-refractivity contribution in [1.82, 2.24) is 5.32 Å². The Morgan fingerprint density at radius 3 is 2.91 bits per heavy atom. The maximum Gasteiger partial charge on any atom is 0.307 e. The Morgan fingerprint density at radius 1 is 1.43 bits per heavy atom. The van der Waals surface area contributed by atoms with Crippen LogP contribution in [0.1, 0.15) is 38.7 Å². The molecular formula is C19H29NO3. The van der Waals surface area contributed by atoms with Crippen molar-refractivity contribution >= 4 is 5.97 Å². The number of hydrogen-bond acceptors (Lipinski definition) is 3. The summed E-state index contributed by atoms with van der Waals surface area (Å²) in [6, 6.07) is 7.90. The molecule has 0 aromatic heterocycles. The van der Waals surface area contributed by atoms with Crippen LogP contribution < -0.4 is 10.1 Å². The van der Waals surface area contributed by atoms with Gasteiger partial charge in [0.1, 0.15) is 5.75 Å². The Kier molecular flexibility index (Phi) is 6.90. The average molecular weight is 319 g/mol. The van der Waals surface area contributed by atoms with E-state index in [0.717, 1.165) is 43.7 Å². The van der Waals surface area contributed by atoms with Crippen molar-refractivity contribution in [3.8, 4) is 5.75 Å². The van der Waals surface area contributed by atoms with Gasteiger partial charge in [-0.25, -0.2) is 0 Å². The van der Waals surface area contributed by atoms with Crippen LogP contribution in [0.25, 0.3) is 0 Å². The molecule has 23 heavy (non-hydrogen) atoms. The number of aliphatic carboxylic acids is 1. The van der Waals surface area contributed by atoms with E-state index in [-0.39, 0.29) is 11.8 Å². The molecule has 2 atom stereocenters. The molecule has 0 saturated carbocycles. The quantitative estimate of drug-likeness (QED) is 0.771. The molecule has 1 aromatic rings. The van der Waals surface area contributed by atoms with E-state index in [4.69, 9.17) is 4.74 Å². The molecule has 4 nitrogen and oxygen atoms in total. The van der Waals surface area contributed by atoms with Gasteiger partial charge in [0, 0.05) is 0 Å². The van der Waals surface area contributed by atoms with Crippen molar-refractivity contribution < 1.29 is 14.6 Å². The number of ether oxygens (including phenoxy) is 1. The Hall–Kier alpha value is -1.55. The van der Waals surface area contributed by atoms with Crippen molar-refractivity contribution in [2.24, 2.45) is 17.8 Å². The highest BCUT2D eigenvalue weighted by atomic mass is 16.5. The highest BCUT2D eigenvalue weighted by Crippen LogP contribution is 2.25. The molecule has 1 fully saturated rings. The largest absolute Gasteiger partial charge is 0.494 e. The summed E-state index contributed by atoms with van der Waals surface area (Å²) >= 11 is 0. The van der Waals surface area contributed by atoms with Gasteiger partial charge in [0.15, 0.2) is 0 Å². The summed E-state index contributed by atoms with van der Waals surface area (Å²) in [5, 5.41) is 12.9. The summed E-state index contributed by atoms with van der Waals surface area (Å²) in [5.41, 5.74) is 1.05. The number of nitrogens with one attached hydrogen (secondary N) is 1. The van der Waals surface area contributed by atoms with Crippen molar-refractivity contribution in [1.29, 1.82) is 0 Å². The van der Waals surface area contributed by atoms with Crippen molar-refractivity contribution in [2.75, 3.05) is 19.7 Å². The fourth-order valence-electron chi connectivity index (χ4n) is 3.11. The molecule has 2 unspecified atom stereocenters. The number of rotatable bonds is 8. The summed E-state index contributed by atoms with van der Waals surface area (Å²) in [6.45, 7) is 6.87.